The van der Waals surface area contributed by atoms with E-state index in [9.17, 15) is 5.11 Å². The van der Waals surface area contributed by atoms with E-state index in [-0.39, 0.29) is 24.8 Å². The minimum atomic E-state index is -0.394. The second-order valence-corrected chi connectivity index (χ2v) is 5.65. The van der Waals surface area contributed by atoms with Gasteiger partial charge in [-0.25, -0.2) is 0 Å². The van der Waals surface area contributed by atoms with E-state index in [0.717, 1.165) is 11.1 Å². The molecule has 0 amide bonds. The van der Waals surface area contributed by atoms with Crippen LogP contribution >= 0.6 is 36.4 Å². The smallest absolute Gasteiger partial charge is 0.180 e. The van der Waals surface area contributed by atoms with Crippen molar-refractivity contribution in [2.24, 2.45) is 0 Å². The maximum absolute atomic E-state index is 9.27. The average Bonchev–Trinajstić information content (AvgIpc) is 2.54. The molecule has 0 aliphatic heterocycles. The summed E-state index contributed by atoms with van der Waals surface area (Å²) in [6.07, 6.45) is 3.07. The highest BCUT2D eigenvalue weighted by molar-refractivity contribution is 6.32. The zero-order chi connectivity index (χ0) is 16.7. The molecule has 0 spiro atoms. The molecule has 5 nitrogen and oxygen atoms in total. The SMILES string of the molecule is COc1cc(CNCC(C)O)cc(Cl)c1OCc1cccnc1.Cl.Cl. The van der Waals surface area contributed by atoms with Gasteiger partial charge in [-0.05, 0) is 30.7 Å². The third-order valence-corrected chi connectivity index (χ3v) is 3.44. The molecule has 0 radical (unpaired) electrons. The maximum atomic E-state index is 9.27. The number of aromatic nitrogens is 1. The molecule has 0 bridgehead atoms. The topological polar surface area (TPSA) is 63.6 Å². The Morgan fingerprint density at radius 1 is 1.28 bits per heavy atom. The van der Waals surface area contributed by atoms with Gasteiger partial charge < -0.3 is 19.9 Å². The summed E-state index contributed by atoms with van der Waals surface area (Å²) in [6, 6.07) is 7.49. The van der Waals surface area contributed by atoms with Crippen LogP contribution < -0.4 is 14.8 Å². The summed E-state index contributed by atoms with van der Waals surface area (Å²) in [6.45, 7) is 3.20. The van der Waals surface area contributed by atoms with Gasteiger partial charge in [-0.15, -0.1) is 24.8 Å². The second-order valence-electron chi connectivity index (χ2n) is 5.24. The van der Waals surface area contributed by atoms with Gasteiger partial charge in [-0.2, -0.15) is 0 Å². The van der Waals surface area contributed by atoms with Crippen molar-refractivity contribution in [1.29, 1.82) is 0 Å². The van der Waals surface area contributed by atoms with Crippen molar-refractivity contribution in [2.45, 2.75) is 26.2 Å². The summed E-state index contributed by atoms with van der Waals surface area (Å²) < 4.78 is 11.2. The number of aliphatic hydroxyl groups excluding tert-OH is 1. The van der Waals surface area contributed by atoms with Crippen LogP contribution in [0.3, 0.4) is 0 Å². The normalized spacial score (nSPS) is 11.0. The molecule has 1 unspecified atom stereocenters. The lowest BCUT2D eigenvalue weighted by Crippen LogP contribution is -2.23. The molecular weight excluding hydrogens is 387 g/mol. The number of benzene rings is 1. The fourth-order valence-corrected chi connectivity index (χ4v) is 2.37. The lowest BCUT2D eigenvalue weighted by molar-refractivity contribution is 0.191. The van der Waals surface area contributed by atoms with E-state index < -0.39 is 6.10 Å². The molecule has 2 N–H and O–H groups in total. The Labute approximate surface area is 165 Å². The fourth-order valence-electron chi connectivity index (χ4n) is 2.08. The summed E-state index contributed by atoms with van der Waals surface area (Å²) in [4.78, 5) is 4.05. The molecule has 140 valence electrons. The molecule has 1 atom stereocenters. The number of hydrogen-bond acceptors (Lipinski definition) is 5. The molecule has 2 rings (SSSR count). The second kappa shape index (κ2) is 12.2. The van der Waals surface area contributed by atoms with Crippen LogP contribution in [-0.4, -0.2) is 29.8 Å². The zero-order valence-corrected chi connectivity index (χ0v) is 16.5. The number of rotatable bonds is 8. The summed E-state index contributed by atoms with van der Waals surface area (Å²) in [5.74, 6) is 1.09. The monoisotopic (exact) mass is 408 g/mol. The Morgan fingerprint density at radius 3 is 2.64 bits per heavy atom. The van der Waals surface area contributed by atoms with Crippen LogP contribution in [0, 0.1) is 0 Å². The predicted molar refractivity (Wildman–Crippen MR) is 104 cm³/mol. The zero-order valence-electron chi connectivity index (χ0n) is 14.1. The van der Waals surface area contributed by atoms with Crippen molar-refractivity contribution in [3.05, 3.63) is 52.8 Å². The molecule has 1 aromatic heterocycles. The van der Waals surface area contributed by atoms with Crippen molar-refractivity contribution in [1.82, 2.24) is 10.3 Å². The highest BCUT2D eigenvalue weighted by Gasteiger charge is 2.12. The lowest BCUT2D eigenvalue weighted by Gasteiger charge is -2.15. The van der Waals surface area contributed by atoms with Gasteiger partial charge in [-0.1, -0.05) is 17.7 Å². The van der Waals surface area contributed by atoms with Gasteiger partial charge in [0.05, 0.1) is 18.2 Å². The third kappa shape index (κ3) is 7.67. The minimum absolute atomic E-state index is 0. The molecule has 0 saturated carbocycles. The average molecular weight is 410 g/mol. The molecule has 1 heterocycles. The van der Waals surface area contributed by atoms with Crippen LogP contribution in [-0.2, 0) is 13.2 Å². The van der Waals surface area contributed by atoms with Crippen LogP contribution in [0.2, 0.25) is 5.02 Å². The largest absolute Gasteiger partial charge is 0.493 e. The number of nitrogens with one attached hydrogen (secondary N) is 1. The van der Waals surface area contributed by atoms with Crippen molar-refractivity contribution in [3.8, 4) is 11.5 Å². The number of methoxy groups -OCH3 is 1. The first-order chi connectivity index (χ1) is 11.1. The van der Waals surface area contributed by atoms with Gasteiger partial charge in [0.15, 0.2) is 11.5 Å². The minimum Gasteiger partial charge on any atom is -0.493 e. The van der Waals surface area contributed by atoms with Gasteiger partial charge in [-0.3, -0.25) is 4.98 Å². The van der Waals surface area contributed by atoms with Crippen molar-refractivity contribution in [2.75, 3.05) is 13.7 Å². The van der Waals surface area contributed by atoms with Crippen LogP contribution in [0.4, 0.5) is 0 Å². The first-order valence-electron chi connectivity index (χ1n) is 7.37. The lowest BCUT2D eigenvalue weighted by atomic mass is 10.2. The van der Waals surface area contributed by atoms with E-state index in [4.69, 9.17) is 21.1 Å². The summed E-state index contributed by atoms with van der Waals surface area (Å²) in [5.41, 5.74) is 1.91. The first kappa shape index (κ1) is 23.8. The summed E-state index contributed by atoms with van der Waals surface area (Å²) in [5, 5.41) is 12.9. The van der Waals surface area contributed by atoms with Crippen molar-refractivity contribution in [3.63, 3.8) is 0 Å². The molecule has 0 saturated heterocycles. The Kier molecular flexibility index (Phi) is 11.6. The fraction of sp³-hybridized carbons (Fsp3) is 0.353. The van der Waals surface area contributed by atoms with Crippen molar-refractivity contribution >= 4 is 36.4 Å². The van der Waals surface area contributed by atoms with E-state index in [0.29, 0.717) is 36.2 Å². The number of halogens is 3. The number of hydrogen-bond donors (Lipinski definition) is 2. The van der Waals surface area contributed by atoms with E-state index >= 15 is 0 Å². The predicted octanol–water partition coefficient (Wildman–Crippen LogP) is 3.64. The number of aliphatic hydroxyl groups is 1. The molecule has 1 aromatic carbocycles. The number of nitrogens with zero attached hydrogens (tertiary/aromatic N) is 1. The van der Waals surface area contributed by atoms with Crippen molar-refractivity contribution < 1.29 is 14.6 Å². The van der Waals surface area contributed by atoms with Gasteiger partial charge in [0, 0.05) is 31.0 Å². The standard InChI is InChI=1S/C17H21ClN2O3.2ClH/c1-12(21)8-20-10-14-6-15(18)17(16(7-14)22-2)23-11-13-4-3-5-19-9-13;;/h3-7,9,12,20-21H,8,10-11H2,1-2H3;2*1H. The van der Waals surface area contributed by atoms with E-state index in [1.807, 2.05) is 24.3 Å². The Morgan fingerprint density at radius 2 is 2.04 bits per heavy atom. The van der Waals surface area contributed by atoms with Gasteiger partial charge in [0.1, 0.15) is 6.61 Å². The summed E-state index contributed by atoms with van der Waals surface area (Å²) >= 11 is 6.32. The first-order valence-corrected chi connectivity index (χ1v) is 7.75. The van der Waals surface area contributed by atoms with Gasteiger partial charge in [0.2, 0.25) is 0 Å². The Bertz CT molecular complexity index is 628. The molecule has 8 heteroatoms. The van der Waals surface area contributed by atoms with Crippen LogP contribution in [0.15, 0.2) is 36.7 Å². The van der Waals surface area contributed by atoms with Crippen LogP contribution in [0.25, 0.3) is 0 Å². The summed E-state index contributed by atoms with van der Waals surface area (Å²) in [7, 11) is 1.58. The molecule has 0 aliphatic rings. The highest BCUT2D eigenvalue weighted by atomic mass is 35.5. The highest BCUT2D eigenvalue weighted by Crippen LogP contribution is 2.36. The van der Waals surface area contributed by atoms with Crippen LogP contribution in [0.5, 0.6) is 11.5 Å². The molecule has 0 fully saturated rings. The molecule has 2 aromatic rings. The molecular formula is C17H23Cl3N2O3. The maximum Gasteiger partial charge on any atom is 0.180 e. The molecule has 25 heavy (non-hydrogen) atoms. The quantitative estimate of drug-likeness (QED) is 0.697. The Balaban J connectivity index is 0.00000288. The third-order valence-electron chi connectivity index (χ3n) is 3.16. The van der Waals surface area contributed by atoms with E-state index in [1.165, 1.54) is 0 Å². The van der Waals surface area contributed by atoms with E-state index in [1.54, 1.807) is 26.4 Å². The van der Waals surface area contributed by atoms with Crippen LogP contribution in [0.1, 0.15) is 18.1 Å². The van der Waals surface area contributed by atoms with Gasteiger partial charge in [0.25, 0.3) is 0 Å². The van der Waals surface area contributed by atoms with E-state index in [2.05, 4.69) is 10.3 Å². The number of ether oxygens (including phenoxy) is 2. The van der Waals surface area contributed by atoms with Gasteiger partial charge >= 0.3 is 0 Å². The Hall–Kier alpha value is -1.24. The molecule has 0 aliphatic carbocycles. The number of pyridine rings is 1.